The Morgan fingerprint density at radius 2 is 1.79 bits per heavy atom. The Morgan fingerprint density at radius 3 is 2.49 bits per heavy atom. The molecule has 1 aromatic heterocycles. The zero-order chi connectivity index (χ0) is 30.9. The lowest BCUT2D eigenvalue weighted by Crippen LogP contribution is -2.29. The van der Waals surface area contributed by atoms with Crippen LogP contribution in [0, 0.1) is 21.4 Å². The molecule has 1 atom stereocenters. The van der Waals surface area contributed by atoms with Crippen LogP contribution in [0.1, 0.15) is 54.4 Å². The summed E-state index contributed by atoms with van der Waals surface area (Å²) in [5.41, 5.74) is 4.23. The smallest absolute Gasteiger partial charge is 0.339 e. The number of pyridine rings is 1. The van der Waals surface area contributed by atoms with Gasteiger partial charge >= 0.3 is 5.97 Å². The van der Waals surface area contributed by atoms with E-state index in [-0.39, 0.29) is 27.7 Å². The van der Waals surface area contributed by atoms with E-state index < -0.39 is 23.4 Å². The van der Waals surface area contributed by atoms with Crippen molar-refractivity contribution in [3.63, 3.8) is 0 Å². The first-order chi connectivity index (χ1) is 20.4. The van der Waals surface area contributed by atoms with Gasteiger partial charge in [-0.15, -0.1) is 0 Å². The van der Waals surface area contributed by atoms with Crippen LogP contribution in [-0.4, -0.2) is 28.4 Å². The van der Waals surface area contributed by atoms with Gasteiger partial charge in [0.1, 0.15) is 0 Å². The van der Waals surface area contributed by atoms with E-state index in [1.165, 1.54) is 12.1 Å². The number of nitro benzene ring substituents is 1. The number of anilines is 1. The summed E-state index contributed by atoms with van der Waals surface area (Å²) >= 11 is 12.2. The van der Waals surface area contributed by atoms with Gasteiger partial charge in [0, 0.05) is 22.5 Å². The van der Waals surface area contributed by atoms with Crippen LogP contribution in [0.25, 0.3) is 22.6 Å². The van der Waals surface area contributed by atoms with Crippen molar-refractivity contribution in [3.05, 3.63) is 109 Å². The maximum atomic E-state index is 13.8. The van der Waals surface area contributed by atoms with E-state index in [4.69, 9.17) is 32.9 Å². The molecular weight excluding hydrogens is 589 g/mol. The molecule has 1 N–H and O–H groups in total. The molecule has 10 heteroatoms. The highest BCUT2D eigenvalue weighted by Crippen LogP contribution is 2.45. The number of hydrogen-bond acceptors (Lipinski definition) is 6. The van der Waals surface area contributed by atoms with Crippen molar-refractivity contribution in [2.45, 2.75) is 33.6 Å². The van der Waals surface area contributed by atoms with E-state index in [0.29, 0.717) is 27.9 Å². The standard InChI is InChI=1S/C33H29Cl2N3O5/c1-33(2,3)21-15-20(14-19-8-10-22(34)11-9-19)31-25(16-21)30(24-6-4-5-7-27(24)37-31)32(40)43-18-29(39)36-28-17-23(38(41)42)12-13-26(28)35/h4-14,17,21H,15-16,18H2,1-3H3,(H,36,39). The Hall–Kier alpha value is -4.27. The summed E-state index contributed by atoms with van der Waals surface area (Å²) in [6.45, 7) is 5.93. The van der Waals surface area contributed by atoms with Gasteiger partial charge in [-0.05, 0) is 71.2 Å². The fourth-order valence-corrected chi connectivity index (χ4v) is 5.53. The third-order valence-corrected chi connectivity index (χ3v) is 8.20. The Morgan fingerprint density at radius 1 is 1.07 bits per heavy atom. The summed E-state index contributed by atoms with van der Waals surface area (Å²) < 4.78 is 5.55. The topological polar surface area (TPSA) is 111 Å². The number of para-hydroxylation sites is 1. The van der Waals surface area contributed by atoms with Crippen molar-refractivity contribution in [3.8, 4) is 0 Å². The molecule has 4 aromatic rings. The molecule has 43 heavy (non-hydrogen) atoms. The number of non-ortho nitro benzene ring substituents is 1. The van der Waals surface area contributed by atoms with Gasteiger partial charge in [-0.1, -0.05) is 74.3 Å². The molecule has 1 aliphatic rings. The molecule has 0 fully saturated rings. The number of aromatic nitrogens is 1. The normalized spacial score (nSPS) is 15.7. The lowest BCUT2D eigenvalue weighted by atomic mass is 9.69. The first-order valence-electron chi connectivity index (χ1n) is 13.7. The molecule has 3 aromatic carbocycles. The Balaban J connectivity index is 1.51. The third-order valence-electron chi connectivity index (χ3n) is 7.62. The Kier molecular flexibility index (Phi) is 8.53. The van der Waals surface area contributed by atoms with Crippen molar-refractivity contribution in [2.24, 2.45) is 11.3 Å². The van der Waals surface area contributed by atoms with Crippen molar-refractivity contribution >= 4 is 69.0 Å². The summed E-state index contributed by atoms with van der Waals surface area (Å²) in [6.07, 6.45) is 3.46. The Bertz CT molecular complexity index is 1780. The second-order valence-electron chi connectivity index (χ2n) is 11.6. The fourth-order valence-electron chi connectivity index (χ4n) is 5.24. The number of carbonyl (C=O) groups is 2. The number of nitrogens with one attached hydrogen (secondary N) is 1. The van der Waals surface area contributed by atoms with Gasteiger partial charge in [0.15, 0.2) is 6.61 Å². The predicted octanol–water partition coefficient (Wildman–Crippen LogP) is 8.39. The predicted molar refractivity (Wildman–Crippen MR) is 169 cm³/mol. The molecule has 0 bridgehead atoms. The lowest BCUT2D eigenvalue weighted by molar-refractivity contribution is -0.384. The number of benzene rings is 3. The quantitative estimate of drug-likeness (QED) is 0.132. The number of hydrogen-bond donors (Lipinski definition) is 1. The molecule has 0 spiro atoms. The molecule has 1 amide bonds. The second kappa shape index (κ2) is 12.1. The van der Waals surface area contributed by atoms with Crippen LogP contribution >= 0.6 is 23.2 Å². The minimum Gasteiger partial charge on any atom is -0.452 e. The van der Waals surface area contributed by atoms with Gasteiger partial charge < -0.3 is 10.1 Å². The third kappa shape index (κ3) is 6.71. The zero-order valence-electron chi connectivity index (χ0n) is 23.8. The molecular formula is C33H29Cl2N3O5. The van der Waals surface area contributed by atoms with Crippen LogP contribution in [0.15, 0.2) is 66.7 Å². The Labute approximate surface area is 258 Å². The average molecular weight is 619 g/mol. The van der Waals surface area contributed by atoms with Gasteiger partial charge in [0.2, 0.25) is 0 Å². The van der Waals surface area contributed by atoms with E-state index in [1.54, 1.807) is 0 Å². The van der Waals surface area contributed by atoms with E-state index >= 15 is 0 Å². The molecule has 1 aliphatic carbocycles. The summed E-state index contributed by atoms with van der Waals surface area (Å²) in [5, 5.41) is 15.0. The van der Waals surface area contributed by atoms with Crippen molar-refractivity contribution in [1.82, 2.24) is 4.98 Å². The highest BCUT2D eigenvalue weighted by Gasteiger charge is 2.35. The monoisotopic (exact) mass is 617 g/mol. The van der Waals surface area contributed by atoms with Crippen molar-refractivity contribution in [2.75, 3.05) is 11.9 Å². The number of fused-ring (bicyclic) bond motifs is 2. The van der Waals surface area contributed by atoms with Crippen LogP contribution in [0.2, 0.25) is 10.0 Å². The largest absolute Gasteiger partial charge is 0.452 e. The maximum absolute atomic E-state index is 13.8. The minimum absolute atomic E-state index is 0.0497. The van der Waals surface area contributed by atoms with Crippen molar-refractivity contribution < 1.29 is 19.2 Å². The number of rotatable bonds is 6. The molecule has 1 heterocycles. The summed E-state index contributed by atoms with van der Waals surface area (Å²) in [5.74, 6) is -1.14. The summed E-state index contributed by atoms with van der Waals surface area (Å²) in [7, 11) is 0. The van der Waals surface area contributed by atoms with Gasteiger partial charge in [-0.2, -0.15) is 0 Å². The van der Waals surface area contributed by atoms with Gasteiger partial charge in [-0.3, -0.25) is 14.9 Å². The molecule has 0 saturated carbocycles. The number of nitro groups is 1. The average Bonchev–Trinajstić information content (AvgIpc) is 2.96. The zero-order valence-corrected chi connectivity index (χ0v) is 25.3. The maximum Gasteiger partial charge on any atom is 0.339 e. The fraction of sp³-hybridized carbons (Fsp3) is 0.242. The number of carbonyl (C=O) groups excluding carboxylic acids is 2. The first-order valence-corrected chi connectivity index (χ1v) is 14.5. The van der Waals surface area contributed by atoms with Crippen LogP contribution in [0.3, 0.4) is 0 Å². The molecule has 8 nitrogen and oxygen atoms in total. The van der Waals surface area contributed by atoms with E-state index in [9.17, 15) is 19.7 Å². The number of amides is 1. The van der Waals surface area contributed by atoms with Gasteiger partial charge in [0.05, 0.1) is 32.4 Å². The van der Waals surface area contributed by atoms with Crippen LogP contribution in [0.4, 0.5) is 11.4 Å². The highest BCUT2D eigenvalue weighted by molar-refractivity contribution is 6.33. The minimum atomic E-state index is -0.682. The summed E-state index contributed by atoms with van der Waals surface area (Å²) in [4.78, 5) is 42.1. The van der Waals surface area contributed by atoms with E-state index in [2.05, 4.69) is 32.2 Å². The van der Waals surface area contributed by atoms with Crippen molar-refractivity contribution in [1.29, 1.82) is 0 Å². The first kappa shape index (κ1) is 30.2. The van der Waals surface area contributed by atoms with E-state index in [1.807, 2.05) is 48.5 Å². The molecule has 220 valence electrons. The molecule has 0 aliphatic heterocycles. The SMILES string of the molecule is CC(C)(C)C1CC(=Cc2ccc(Cl)cc2)c2nc3ccccc3c(C(=O)OCC(=O)Nc3cc([N+](=O)[O-])ccc3Cl)c2C1. The number of esters is 1. The molecule has 0 saturated heterocycles. The van der Waals surface area contributed by atoms with Gasteiger partial charge in [0.25, 0.3) is 11.6 Å². The lowest BCUT2D eigenvalue weighted by Gasteiger charge is -2.36. The second-order valence-corrected chi connectivity index (χ2v) is 12.4. The number of halogens is 2. The summed E-state index contributed by atoms with van der Waals surface area (Å²) in [6, 6.07) is 18.6. The molecule has 1 unspecified atom stereocenters. The van der Waals surface area contributed by atoms with Crippen LogP contribution in [-0.2, 0) is 16.0 Å². The van der Waals surface area contributed by atoms with Crippen LogP contribution in [0.5, 0.6) is 0 Å². The highest BCUT2D eigenvalue weighted by atomic mass is 35.5. The number of nitrogens with zero attached hydrogens (tertiary/aromatic N) is 2. The number of ether oxygens (including phenoxy) is 1. The van der Waals surface area contributed by atoms with Gasteiger partial charge in [-0.25, -0.2) is 9.78 Å². The molecule has 5 rings (SSSR count). The number of allylic oxidation sites excluding steroid dienone is 1. The molecule has 0 radical (unpaired) electrons. The van der Waals surface area contributed by atoms with E-state index in [0.717, 1.165) is 34.9 Å². The van der Waals surface area contributed by atoms with Crippen LogP contribution < -0.4 is 5.32 Å².